The fraction of sp³-hybridized carbons (Fsp3) is 0.214. The molecule has 0 atom stereocenters. The maximum absolute atomic E-state index is 13.0. The zero-order valence-electron chi connectivity index (χ0n) is 10.7. The highest BCUT2D eigenvalue weighted by Crippen LogP contribution is 2.30. The number of aryl methyl sites for hydroxylation is 1. The normalized spacial score (nSPS) is 13.7. The Morgan fingerprint density at radius 1 is 1.15 bits per heavy atom. The van der Waals surface area contributed by atoms with Gasteiger partial charge in [0, 0.05) is 11.3 Å². The molecule has 0 unspecified atom stereocenters. The number of rotatable bonds is 2. The lowest BCUT2D eigenvalue weighted by atomic mass is 10.2. The van der Waals surface area contributed by atoms with E-state index in [9.17, 15) is 4.39 Å². The molecule has 0 saturated carbocycles. The Balaban J connectivity index is 1.85. The van der Waals surface area contributed by atoms with Gasteiger partial charge in [-0.1, -0.05) is 0 Å². The van der Waals surface area contributed by atoms with E-state index in [0.29, 0.717) is 5.78 Å². The van der Waals surface area contributed by atoms with Crippen LogP contribution in [-0.4, -0.2) is 19.6 Å². The third kappa shape index (κ3) is 1.72. The van der Waals surface area contributed by atoms with Crippen molar-refractivity contribution in [3.8, 4) is 0 Å². The Labute approximate surface area is 114 Å². The molecule has 0 fully saturated rings. The van der Waals surface area contributed by atoms with E-state index in [0.717, 1.165) is 36.5 Å². The van der Waals surface area contributed by atoms with Gasteiger partial charge in [-0.25, -0.2) is 9.37 Å². The van der Waals surface area contributed by atoms with E-state index in [4.69, 9.17) is 0 Å². The molecule has 0 aliphatic heterocycles. The predicted molar refractivity (Wildman–Crippen MR) is 72.5 cm³/mol. The van der Waals surface area contributed by atoms with E-state index in [1.807, 2.05) is 4.40 Å². The second-order valence-corrected chi connectivity index (χ2v) is 4.87. The van der Waals surface area contributed by atoms with Gasteiger partial charge in [0.2, 0.25) is 0 Å². The van der Waals surface area contributed by atoms with Crippen LogP contribution in [0, 0.1) is 5.82 Å². The number of hydrogen-bond acceptors (Lipinski definition) is 4. The maximum atomic E-state index is 13.0. The summed E-state index contributed by atoms with van der Waals surface area (Å²) in [6, 6.07) is 6.31. The molecule has 2 aromatic heterocycles. The molecule has 3 aromatic rings. The maximum Gasteiger partial charge on any atom is 0.256 e. The number of halogens is 1. The Kier molecular flexibility index (Phi) is 2.42. The van der Waals surface area contributed by atoms with E-state index in [1.165, 1.54) is 17.7 Å². The first-order chi connectivity index (χ1) is 9.81. The molecule has 0 spiro atoms. The number of anilines is 2. The molecule has 100 valence electrons. The van der Waals surface area contributed by atoms with Crippen LogP contribution < -0.4 is 5.32 Å². The summed E-state index contributed by atoms with van der Waals surface area (Å²) >= 11 is 0. The summed E-state index contributed by atoms with van der Waals surface area (Å²) in [5, 5.41) is 11.3. The fourth-order valence-corrected chi connectivity index (χ4v) is 2.64. The number of hydrogen-bond donors (Lipinski definition) is 1. The highest BCUT2D eigenvalue weighted by Gasteiger charge is 2.20. The van der Waals surface area contributed by atoms with Crippen molar-refractivity contribution < 1.29 is 4.39 Å². The van der Waals surface area contributed by atoms with Gasteiger partial charge in [0.25, 0.3) is 5.78 Å². The summed E-state index contributed by atoms with van der Waals surface area (Å²) < 4.78 is 14.8. The third-order valence-electron chi connectivity index (χ3n) is 3.59. The van der Waals surface area contributed by atoms with Crippen LogP contribution in [-0.2, 0) is 12.8 Å². The van der Waals surface area contributed by atoms with Crippen molar-refractivity contribution in [3.05, 3.63) is 47.7 Å². The lowest BCUT2D eigenvalue weighted by molar-refractivity contribution is 0.628. The summed E-state index contributed by atoms with van der Waals surface area (Å²) in [6.07, 6.45) is 4.70. The van der Waals surface area contributed by atoms with E-state index < -0.39 is 0 Å². The first-order valence-electron chi connectivity index (χ1n) is 6.55. The first-order valence-corrected chi connectivity index (χ1v) is 6.55. The summed E-state index contributed by atoms with van der Waals surface area (Å²) in [5.41, 5.74) is 3.11. The topological polar surface area (TPSA) is 55.1 Å². The van der Waals surface area contributed by atoms with Crippen LogP contribution in [0.3, 0.4) is 0 Å². The molecule has 1 aliphatic carbocycles. The molecule has 5 nitrogen and oxygen atoms in total. The molecule has 20 heavy (non-hydrogen) atoms. The SMILES string of the molecule is Fc1ccc(Nc2c3c(nc4nncn24)CCC3)cc1. The van der Waals surface area contributed by atoms with Crippen molar-refractivity contribution >= 4 is 17.3 Å². The molecule has 0 radical (unpaired) electrons. The molecule has 1 aromatic carbocycles. The van der Waals surface area contributed by atoms with Crippen molar-refractivity contribution in [1.82, 2.24) is 19.6 Å². The number of fused-ring (bicyclic) bond motifs is 2. The van der Waals surface area contributed by atoms with E-state index in [-0.39, 0.29) is 5.82 Å². The van der Waals surface area contributed by atoms with Gasteiger partial charge in [-0.05, 0) is 43.5 Å². The highest BCUT2D eigenvalue weighted by molar-refractivity contribution is 5.64. The molecule has 0 saturated heterocycles. The van der Waals surface area contributed by atoms with Crippen LogP contribution in [0.15, 0.2) is 30.6 Å². The number of aromatic nitrogens is 4. The molecule has 0 amide bonds. The minimum atomic E-state index is -0.245. The van der Waals surface area contributed by atoms with E-state index in [1.54, 1.807) is 18.5 Å². The van der Waals surface area contributed by atoms with Gasteiger partial charge in [-0.2, -0.15) is 0 Å². The minimum absolute atomic E-state index is 0.245. The van der Waals surface area contributed by atoms with Gasteiger partial charge in [-0.15, -0.1) is 10.2 Å². The average Bonchev–Trinajstić information content (AvgIpc) is 3.09. The summed E-state index contributed by atoms with van der Waals surface area (Å²) in [5.74, 6) is 1.28. The zero-order valence-corrected chi connectivity index (χ0v) is 10.7. The second-order valence-electron chi connectivity index (χ2n) is 4.87. The van der Waals surface area contributed by atoms with Crippen LogP contribution in [0.1, 0.15) is 17.7 Å². The fourth-order valence-electron chi connectivity index (χ4n) is 2.64. The Morgan fingerprint density at radius 2 is 2.00 bits per heavy atom. The Bertz CT molecular complexity index is 778. The van der Waals surface area contributed by atoms with Gasteiger partial charge in [-0.3, -0.25) is 4.40 Å². The van der Waals surface area contributed by atoms with Crippen molar-refractivity contribution in [3.63, 3.8) is 0 Å². The molecular formula is C14H12FN5. The first kappa shape index (κ1) is 11.3. The van der Waals surface area contributed by atoms with E-state index >= 15 is 0 Å². The van der Waals surface area contributed by atoms with Gasteiger partial charge >= 0.3 is 0 Å². The van der Waals surface area contributed by atoms with Crippen LogP contribution in [0.25, 0.3) is 5.78 Å². The number of nitrogens with one attached hydrogen (secondary N) is 1. The molecule has 4 rings (SSSR count). The zero-order chi connectivity index (χ0) is 13.5. The van der Waals surface area contributed by atoms with Crippen LogP contribution in [0.2, 0.25) is 0 Å². The van der Waals surface area contributed by atoms with Gasteiger partial charge in [0.05, 0.1) is 5.69 Å². The largest absolute Gasteiger partial charge is 0.341 e. The summed E-state index contributed by atoms with van der Waals surface area (Å²) in [4.78, 5) is 4.52. The standard InChI is InChI=1S/C14H12FN5/c15-9-4-6-10(7-5-9)17-13-11-2-1-3-12(11)18-14-19-16-8-20(13)14/h4-8,17H,1-3H2. The lowest BCUT2D eigenvalue weighted by Gasteiger charge is -2.13. The molecule has 1 aliphatic rings. The van der Waals surface area contributed by atoms with Crippen molar-refractivity contribution in [2.24, 2.45) is 0 Å². The van der Waals surface area contributed by atoms with Gasteiger partial charge < -0.3 is 5.32 Å². The van der Waals surface area contributed by atoms with Crippen molar-refractivity contribution in [2.75, 3.05) is 5.32 Å². The Morgan fingerprint density at radius 3 is 2.85 bits per heavy atom. The highest BCUT2D eigenvalue weighted by atomic mass is 19.1. The molecule has 6 heteroatoms. The van der Waals surface area contributed by atoms with Crippen LogP contribution >= 0.6 is 0 Å². The van der Waals surface area contributed by atoms with Crippen molar-refractivity contribution in [1.29, 1.82) is 0 Å². The smallest absolute Gasteiger partial charge is 0.256 e. The van der Waals surface area contributed by atoms with Gasteiger partial charge in [0.15, 0.2) is 0 Å². The minimum Gasteiger partial charge on any atom is -0.341 e. The monoisotopic (exact) mass is 269 g/mol. The third-order valence-corrected chi connectivity index (χ3v) is 3.59. The van der Waals surface area contributed by atoms with Gasteiger partial charge in [0.1, 0.15) is 18.0 Å². The van der Waals surface area contributed by atoms with Crippen LogP contribution in [0.4, 0.5) is 15.9 Å². The van der Waals surface area contributed by atoms with E-state index in [2.05, 4.69) is 20.5 Å². The Hall–Kier alpha value is -2.50. The average molecular weight is 269 g/mol. The number of nitrogens with zero attached hydrogens (tertiary/aromatic N) is 4. The summed E-state index contributed by atoms with van der Waals surface area (Å²) in [6.45, 7) is 0. The molecular weight excluding hydrogens is 257 g/mol. The second kappa shape index (κ2) is 4.26. The van der Waals surface area contributed by atoms with Crippen molar-refractivity contribution in [2.45, 2.75) is 19.3 Å². The molecule has 2 heterocycles. The quantitative estimate of drug-likeness (QED) is 0.776. The van der Waals surface area contributed by atoms with Crippen LogP contribution in [0.5, 0.6) is 0 Å². The lowest BCUT2D eigenvalue weighted by Crippen LogP contribution is -2.05. The molecule has 0 bridgehead atoms. The number of benzene rings is 1. The predicted octanol–water partition coefficient (Wildman–Crippen LogP) is 2.50. The summed E-state index contributed by atoms with van der Waals surface area (Å²) in [7, 11) is 0. The molecule has 1 N–H and O–H groups in total.